The third kappa shape index (κ3) is 5.02. The van der Waals surface area contributed by atoms with E-state index in [0.717, 1.165) is 30.4 Å². The smallest absolute Gasteiger partial charge is 0.253 e. The van der Waals surface area contributed by atoms with Crippen molar-refractivity contribution in [3.63, 3.8) is 0 Å². The summed E-state index contributed by atoms with van der Waals surface area (Å²) in [6, 6.07) is 11.2. The fraction of sp³-hybridized carbons (Fsp3) is 0.423. The lowest BCUT2D eigenvalue weighted by Gasteiger charge is -2.32. The van der Waals surface area contributed by atoms with Gasteiger partial charge in [-0.1, -0.05) is 17.2 Å². The molecule has 1 unspecified atom stereocenters. The van der Waals surface area contributed by atoms with Crippen LogP contribution < -0.4 is 15.0 Å². The van der Waals surface area contributed by atoms with Crippen molar-refractivity contribution in [2.75, 3.05) is 37.0 Å². The van der Waals surface area contributed by atoms with Gasteiger partial charge in [-0.05, 0) is 63.4 Å². The maximum Gasteiger partial charge on any atom is 0.253 e. The minimum atomic E-state index is -0.285. The average Bonchev–Trinajstić information content (AvgIpc) is 3.23. The molecule has 0 radical (unpaired) electrons. The minimum absolute atomic E-state index is 0.0291. The Bertz CT molecular complexity index is 1060. The number of ether oxygens (including phenoxy) is 1. The van der Waals surface area contributed by atoms with Gasteiger partial charge in [0.1, 0.15) is 5.75 Å². The highest BCUT2D eigenvalue weighted by molar-refractivity contribution is 5.99. The second-order valence-electron chi connectivity index (χ2n) is 8.99. The first-order valence-electron chi connectivity index (χ1n) is 11.5. The summed E-state index contributed by atoms with van der Waals surface area (Å²) in [6.45, 7) is 5.65. The topological polar surface area (TPSA) is 79.0 Å². The van der Waals surface area contributed by atoms with Gasteiger partial charge >= 0.3 is 0 Å². The van der Waals surface area contributed by atoms with Crippen LogP contribution >= 0.6 is 0 Å². The van der Waals surface area contributed by atoms with E-state index in [1.54, 1.807) is 35.1 Å². The third-order valence-corrected chi connectivity index (χ3v) is 6.36. The molecule has 0 aromatic heterocycles. The van der Waals surface area contributed by atoms with Crippen LogP contribution in [0.1, 0.15) is 47.2 Å². The van der Waals surface area contributed by atoms with Gasteiger partial charge in [0.25, 0.3) is 5.91 Å². The second-order valence-corrected chi connectivity index (χ2v) is 8.99. The van der Waals surface area contributed by atoms with E-state index in [0.29, 0.717) is 48.7 Å². The zero-order valence-corrected chi connectivity index (χ0v) is 19.5. The number of carbonyl (C=O) groups excluding carboxylic acids is 3. The summed E-state index contributed by atoms with van der Waals surface area (Å²) in [6.07, 6.45) is 2.85. The molecule has 1 N–H and O–H groups in total. The van der Waals surface area contributed by atoms with Crippen LogP contribution in [0.15, 0.2) is 36.4 Å². The van der Waals surface area contributed by atoms with Crippen LogP contribution in [0.5, 0.6) is 5.75 Å². The van der Waals surface area contributed by atoms with Gasteiger partial charge in [0.05, 0.1) is 18.7 Å². The lowest BCUT2D eigenvalue weighted by atomic mass is 9.96. The number of methoxy groups -OCH3 is 1. The summed E-state index contributed by atoms with van der Waals surface area (Å²) in [5.41, 5.74) is 4.07. The Balaban J connectivity index is 1.46. The number of anilines is 2. The standard InChI is InChI=1S/C26H31N3O4/c1-17-12-18(2)14-20(13-17)26(32)28-10-4-6-19(16-28)25(31)27-21-8-9-23(33-3)22(15-21)29-11-5-7-24(29)30/h8-9,12-15,19H,4-7,10-11,16H2,1-3H3,(H,27,31). The number of carbonyl (C=O) groups is 3. The number of amides is 3. The predicted molar refractivity (Wildman–Crippen MR) is 128 cm³/mol. The molecule has 7 nitrogen and oxygen atoms in total. The molecule has 2 aliphatic rings. The molecular weight excluding hydrogens is 418 g/mol. The van der Waals surface area contributed by atoms with Crippen molar-refractivity contribution in [3.05, 3.63) is 53.1 Å². The summed E-state index contributed by atoms with van der Waals surface area (Å²) in [7, 11) is 1.57. The Hall–Kier alpha value is -3.35. The van der Waals surface area contributed by atoms with E-state index in [4.69, 9.17) is 4.74 Å². The molecule has 2 aromatic rings. The maximum absolute atomic E-state index is 13.1. The fourth-order valence-electron chi connectivity index (χ4n) is 4.78. The first-order valence-corrected chi connectivity index (χ1v) is 11.5. The highest BCUT2D eigenvalue weighted by atomic mass is 16.5. The van der Waals surface area contributed by atoms with Gasteiger partial charge in [-0.25, -0.2) is 0 Å². The van der Waals surface area contributed by atoms with Gasteiger partial charge in [0.2, 0.25) is 11.8 Å². The Morgan fingerprint density at radius 2 is 1.79 bits per heavy atom. The van der Waals surface area contributed by atoms with Crippen molar-refractivity contribution < 1.29 is 19.1 Å². The predicted octanol–water partition coefficient (Wildman–Crippen LogP) is 3.93. The number of benzene rings is 2. The van der Waals surface area contributed by atoms with Crippen LogP contribution in [-0.4, -0.2) is 49.4 Å². The fourth-order valence-corrected chi connectivity index (χ4v) is 4.78. The first-order chi connectivity index (χ1) is 15.9. The molecule has 33 heavy (non-hydrogen) atoms. The molecule has 2 heterocycles. The van der Waals surface area contributed by atoms with Crippen molar-refractivity contribution >= 4 is 29.1 Å². The number of nitrogens with one attached hydrogen (secondary N) is 1. The summed E-state index contributed by atoms with van der Waals surface area (Å²) < 4.78 is 5.43. The van der Waals surface area contributed by atoms with E-state index < -0.39 is 0 Å². The summed E-state index contributed by atoms with van der Waals surface area (Å²) >= 11 is 0. The minimum Gasteiger partial charge on any atom is -0.495 e. The van der Waals surface area contributed by atoms with Crippen molar-refractivity contribution in [1.82, 2.24) is 4.90 Å². The van der Waals surface area contributed by atoms with Gasteiger partial charge in [0.15, 0.2) is 0 Å². The lowest BCUT2D eigenvalue weighted by Crippen LogP contribution is -2.43. The van der Waals surface area contributed by atoms with Gasteiger partial charge in [-0.3, -0.25) is 14.4 Å². The average molecular weight is 450 g/mol. The number of hydrogen-bond acceptors (Lipinski definition) is 4. The van der Waals surface area contributed by atoms with Crippen LogP contribution in [0.4, 0.5) is 11.4 Å². The molecular formula is C26H31N3O4. The maximum atomic E-state index is 13.1. The van der Waals surface area contributed by atoms with E-state index in [1.807, 2.05) is 32.0 Å². The molecule has 1 atom stereocenters. The van der Waals surface area contributed by atoms with Crippen LogP contribution in [0.3, 0.4) is 0 Å². The van der Waals surface area contributed by atoms with E-state index in [1.165, 1.54) is 0 Å². The first kappa shape index (κ1) is 22.8. The number of hydrogen-bond donors (Lipinski definition) is 1. The van der Waals surface area contributed by atoms with Crippen LogP contribution in [0.2, 0.25) is 0 Å². The number of nitrogens with zero attached hydrogens (tertiary/aromatic N) is 2. The van der Waals surface area contributed by atoms with Gasteiger partial charge < -0.3 is 19.9 Å². The zero-order chi connectivity index (χ0) is 23.5. The van der Waals surface area contributed by atoms with Crippen molar-refractivity contribution in [2.45, 2.75) is 39.5 Å². The molecule has 2 aliphatic heterocycles. The molecule has 0 aliphatic carbocycles. The molecule has 0 saturated carbocycles. The molecule has 2 aromatic carbocycles. The highest BCUT2D eigenvalue weighted by Gasteiger charge is 2.30. The Morgan fingerprint density at radius 1 is 1.03 bits per heavy atom. The Kier molecular flexibility index (Phi) is 6.67. The second kappa shape index (κ2) is 9.65. The molecule has 4 rings (SSSR count). The van der Waals surface area contributed by atoms with Crippen molar-refractivity contribution in [2.24, 2.45) is 5.92 Å². The zero-order valence-electron chi connectivity index (χ0n) is 19.5. The number of rotatable bonds is 5. The normalized spacial score (nSPS) is 18.4. The van der Waals surface area contributed by atoms with Gasteiger partial charge in [0, 0.05) is 37.3 Å². The highest BCUT2D eigenvalue weighted by Crippen LogP contribution is 2.34. The SMILES string of the molecule is COc1ccc(NC(=O)C2CCCN(C(=O)c3cc(C)cc(C)c3)C2)cc1N1CCCC1=O. The number of likely N-dealkylation sites (tertiary alicyclic amines) is 1. The van der Waals surface area contributed by atoms with E-state index in [2.05, 4.69) is 5.32 Å². The molecule has 174 valence electrons. The summed E-state index contributed by atoms with van der Waals surface area (Å²) in [5.74, 6) is 0.235. The molecule has 2 fully saturated rings. The van der Waals surface area contributed by atoms with E-state index in [9.17, 15) is 14.4 Å². The largest absolute Gasteiger partial charge is 0.495 e. The van der Waals surface area contributed by atoms with Crippen LogP contribution in [0, 0.1) is 19.8 Å². The van der Waals surface area contributed by atoms with Crippen LogP contribution in [-0.2, 0) is 9.59 Å². The lowest BCUT2D eigenvalue weighted by molar-refractivity contribution is -0.121. The molecule has 3 amide bonds. The third-order valence-electron chi connectivity index (χ3n) is 6.36. The molecule has 0 spiro atoms. The molecule has 2 saturated heterocycles. The monoisotopic (exact) mass is 449 g/mol. The van der Waals surface area contributed by atoms with Gasteiger partial charge in [-0.15, -0.1) is 0 Å². The molecule has 0 bridgehead atoms. The van der Waals surface area contributed by atoms with E-state index in [-0.39, 0.29) is 23.6 Å². The summed E-state index contributed by atoms with van der Waals surface area (Å²) in [5, 5.41) is 2.99. The summed E-state index contributed by atoms with van der Waals surface area (Å²) in [4.78, 5) is 41.9. The Morgan fingerprint density at radius 3 is 2.45 bits per heavy atom. The van der Waals surface area contributed by atoms with Crippen LogP contribution in [0.25, 0.3) is 0 Å². The van der Waals surface area contributed by atoms with E-state index >= 15 is 0 Å². The van der Waals surface area contributed by atoms with Gasteiger partial charge in [-0.2, -0.15) is 0 Å². The Labute approximate surface area is 194 Å². The number of piperidine rings is 1. The van der Waals surface area contributed by atoms with Crippen molar-refractivity contribution in [3.8, 4) is 5.75 Å². The van der Waals surface area contributed by atoms with Crippen molar-refractivity contribution in [1.29, 1.82) is 0 Å². The molecule has 7 heteroatoms. The quantitative estimate of drug-likeness (QED) is 0.750. The number of aryl methyl sites for hydroxylation is 2.